The van der Waals surface area contributed by atoms with Crippen molar-refractivity contribution in [3.05, 3.63) is 0 Å². The van der Waals surface area contributed by atoms with Gasteiger partial charge in [0.2, 0.25) is 0 Å². The third-order valence-corrected chi connectivity index (χ3v) is 3.47. The monoisotopic (exact) mass is 194 g/mol. The molecule has 2 nitrogen and oxygen atoms in total. The summed E-state index contributed by atoms with van der Waals surface area (Å²) >= 11 is 5.67. The van der Waals surface area contributed by atoms with E-state index in [1.807, 2.05) is 13.8 Å². The molecule has 1 unspecified atom stereocenters. The maximum atomic E-state index is 11.2. The minimum absolute atomic E-state index is 0.195. The van der Waals surface area contributed by atoms with Crippen molar-refractivity contribution in [3.63, 3.8) is 0 Å². The van der Waals surface area contributed by atoms with Gasteiger partial charge in [-0.05, 0) is 12.7 Å². The summed E-state index contributed by atoms with van der Waals surface area (Å²) in [5, 5.41) is 0. The van der Waals surface area contributed by atoms with Crippen LogP contribution in [-0.4, -0.2) is 29.3 Å². The van der Waals surface area contributed by atoms with Crippen LogP contribution in [-0.2, 0) is 9.53 Å². The molecule has 0 aromatic rings. The first-order valence-corrected chi connectivity index (χ1v) is 5.05. The zero-order valence-electron chi connectivity index (χ0n) is 7.09. The standard InChI is InChI=1S/C7H14O2S2/c1-4-11-7(2,5-10)6(8)9-3/h10H,4-5H2,1-3H3. The fraction of sp³-hybridized carbons (Fsp3) is 0.857. The van der Waals surface area contributed by atoms with Crippen LogP contribution in [0.15, 0.2) is 0 Å². The van der Waals surface area contributed by atoms with Crippen LogP contribution in [0.3, 0.4) is 0 Å². The predicted molar refractivity (Wildman–Crippen MR) is 52.4 cm³/mol. The molecule has 0 heterocycles. The Kier molecular flexibility index (Phi) is 5.01. The highest BCUT2D eigenvalue weighted by molar-refractivity contribution is 8.02. The minimum Gasteiger partial charge on any atom is -0.468 e. The van der Waals surface area contributed by atoms with Gasteiger partial charge in [0.05, 0.1) is 7.11 Å². The molecule has 0 amide bonds. The second kappa shape index (κ2) is 4.93. The highest BCUT2D eigenvalue weighted by Gasteiger charge is 2.32. The molecule has 4 heteroatoms. The fourth-order valence-electron chi connectivity index (χ4n) is 0.704. The summed E-state index contributed by atoms with van der Waals surface area (Å²) in [7, 11) is 1.40. The second-order valence-corrected chi connectivity index (χ2v) is 4.40. The predicted octanol–water partition coefficient (Wildman–Crippen LogP) is 1.60. The summed E-state index contributed by atoms with van der Waals surface area (Å²) in [5.74, 6) is 1.21. The lowest BCUT2D eigenvalue weighted by molar-refractivity contribution is -0.142. The van der Waals surface area contributed by atoms with Gasteiger partial charge in [-0.3, -0.25) is 4.79 Å². The average Bonchev–Trinajstić information content (AvgIpc) is 2.03. The molecule has 0 bridgehead atoms. The van der Waals surface area contributed by atoms with E-state index in [9.17, 15) is 4.79 Å². The number of carbonyl (C=O) groups excluding carboxylic acids is 1. The van der Waals surface area contributed by atoms with Crippen molar-refractivity contribution in [2.75, 3.05) is 18.6 Å². The summed E-state index contributed by atoms with van der Waals surface area (Å²) < 4.78 is 4.17. The number of ether oxygens (including phenoxy) is 1. The summed E-state index contributed by atoms with van der Waals surface area (Å²) in [6, 6.07) is 0. The Balaban J connectivity index is 4.19. The van der Waals surface area contributed by atoms with Crippen LogP contribution in [0.5, 0.6) is 0 Å². The average molecular weight is 194 g/mol. The second-order valence-electron chi connectivity index (χ2n) is 2.31. The molecule has 11 heavy (non-hydrogen) atoms. The number of thiol groups is 1. The van der Waals surface area contributed by atoms with Gasteiger partial charge in [0, 0.05) is 5.75 Å². The van der Waals surface area contributed by atoms with Crippen LogP contribution in [0, 0.1) is 0 Å². The molecule has 0 fully saturated rings. The van der Waals surface area contributed by atoms with Crippen molar-refractivity contribution in [3.8, 4) is 0 Å². The van der Waals surface area contributed by atoms with E-state index in [4.69, 9.17) is 0 Å². The number of methoxy groups -OCH3 is 1. The molecule has 0 saturated heterocycles. The highest BCUT2D eigenvalue weighted by atomic mass is 32.2. The molecule has 0 spiro atoms. The summed E-state index contributed by atoms with van der Waals surface area (Å²) in [6.45, 7) is 3.86. The van der Waals surface area contributed by atoms with Gasteiger partial charge >= 0.3 is 5.97 Å². The number of thioether (sulfide) groups is 1. The molecular formula is C7H14O2S2. The van der Waals surface area contributed by atoms with Crippen LogP contribution >= 0.6 is 24.4 Å². The molecule has 0 rings (SSSR count). The molecule has 0 aliphatic carbocycles. The zero-order chi connectivity index (χ0) is 8.91. The summed E-state index contributed by atoms with van der Waals surface area (Å²) in [5.41, 5.74) is 0. The number of hydrogen-bond donors (Lipinski definition) is 1. The van der Waals surface area contributed by atoms with E-state index in [1.165, 1.54) is 7.11 Å². The van der Waals surface area contributed by atoms with Crippen molar-refractivity contribution in [2.45, 2.75) is 18.6 Å². The molecule has 0 aromatic carbocycles. The van der Waals surface area contributed by atoms with Crippen LogP contribution in [0.25, 0.3) is 0 Å². The third kappa shape index (κ3) is 2.95. The number of hydrogen-bond acceptors (Lipinski definition) is 4. The topological polar surface area (TPSA) is 26.3 Å². The third-order valence-electron chi connectivity index (χ3n) is 1.38. The maximum absolute atomic E-state index is 11.2. The molecule has 0 radical (unpaired) electrons. The molecular weight excluding hydrogens is 180 g/mol. The zero-order valence-corrected chi connectivity index (χ0v) is 8.80. The van der Waals surface area contributed by atoms with E-state index in [0.717, 1.165) is 5.75 Å². The molecule has 0 aromatic heterocycles. The van der Waals surface area contributed by atoms with Gasteiger partial charge in [0.1, 0.15) is 4.75 Å². The SMILES string of the molecule is CCSC(C)(CS)C(=O)OC. The van der Waals surface area contributed by atoms with Gasteiger partial charge in [-0.1, -0.05) is 6.92 Å². The lowest BCUT2D eigenvalue weighted by atomic mass is 10.2. The minimum atomic E-state index is -0.480. The van der Waals surface area contributed by atoms with E-state index in [-0.39, 0.29) is 5.97 Å². The summed E-state index contributed by atoms with van der Waals surface area (Å²) in [4.78, 5) is 11.2. The van der Waals surface area contributed by atoms with Crippen LogP contribution in [0.1, 0.15) is 13.8 Å². The molecule has 66 valence electrons. The van der Waals surface area contributed by atoms with Gasteiger partial charge < -0.3 is 4.74 Å². The Hall–Kier alpha value is 0.170. The van der Waals surface area contributed by atoms with Crippen molar-refractivity contribution >= 4 is 30.4 Å². The quantitative estimate of drug-likeness (QED) is 0.544. The van der Waals surface area contributed by atoms with Crippen LogP contribution < -0.4 is 0 Å². The highest BCUT2D eigenvalue weighted by Crippen LogP contribution is 2.27. The van der Waals surface area contributed by atoms with E-state index < -0.39 is 4.75 Å². The van der Waals surface area contributed by atoms with Gasteiger partial charge in [-0.2, -0.15) is 12.6 Å². The van der Waals surface area contributed by atoms with E-state index >= 15 is 0 Å². The molecule has 0 aliphatic rings. The lowest BCUT2D eigenvalue weighted by Crippen LogP contribution is -2.35. The molecule has 0 aliphatic heterocycles. The Morgan fingerprint density at radius 3 is 2.55 bits per heavy atom. The van der Waals surface area contributed by atoms with Crippen molar-refractivity contribution in [2.24, 2.45) is 0 Å². The smallest absolute Gasteiger partial charge is 0.322 e. The normalized spacial score (nSPS) is 15.6. The summed E-state index contributed by atoms with van der Waals surface area (Å²) in [6.07, 6.45) is 0. The Morgan fingerprint density at radius 1 is 1.73 bits per heavy atom. The first-order chi connectivity index (χ1) is 5.10. The largest absolute Gasteiger partial charge is 0.468 e. The van der Waals surface area contributed by atoms with Gasteiger partial charge in [0.25, 0.3) is 0 Å². The van der Waals surface area contributed by atoms with Gasteiger partial charge in [0.15, 0.2) is 0 Å². The number of esters is 1. The van der Waals surface area contributed by atoms with Crippen molar-refractivity contribution in [1.29, 1.82) is 0 Å². The van der Waals surface area contributed by atoms with E-state index in [0.29, 0.717) is 5.75 Å². The van der Waals surface area contributed by atoms with Gasteiger partial charge in [-0.15, -0.1) is 11.8 Å². The van der Waals surface area contributed by atoms with Crippen molar-refractivity contribution in [1.82, 2.24) is 0 Å². The van der Waals surface area contributed by atoms with Gasteiger partial charge in [-0.25, -0.2) is 0 Å². The van der Waals surface area contributed by atoms with E-state index in [2.05, 4.69) is 17.4 Å². The Labute approximate surface area is 77.5 Å². The van der Waals surface area contributed by atoms with Crippen LogP contribution in [0.4, 0.5) is 0 Å². The van der Waals surface area contributed by atoms with E-state index in [1.54, 1.807) is 11.8 Å². The first kappa shape index (κ1) is 11.2. The van der Waals surface area contributed by atoms with Crippen molar-refractivity contribution < 1.29 is 9.53 Å². The molecule has 0 N–H and O–H groups in total. The number of carbonyl (C=O) groups is 1. The fourth-order valence-corrected chi connectivity index (χ4v) is 2.04. The van der Waals surface area contributed by atoms with Crippen LogP contribution in [0.2, 0.25) is 0 Å². The maximum Gasteiger partial charge on any atom is 0.322 e. The Bertz CT molecular complexity index is 138. The molecule has 0 saturated carbocycles. The molecule has 1 atom stereocenters. The number of rotatable bonds is 4. The Morgan fingerprint density at radius 2 is 2.27 bits per heavy atom. The first-order valence-electron chi connectivity index (χ1n) is 3.44. The lowest BCUT2D eigenvalue weighted by Gasteiger charge is -2.22.